The fourth-order valence-corrected chi connectivity index (χ4v) is 5.53. The second-order valence-corrected chi connectivity index (χ2v) is 7.93. The molecule has 0 radical (unpaired) electrons. The van der Waals surface area contributed by atoms with E-state index in [0.717, 1.165) is 30.2 Å². The first kappa shape index (κ1) is 14.8. The van der Waals surface area contributed by atoms with Crippen molar-refractivity contribution in [2.75, 3.05) is 20.1 Å². The third-order valence-electron chi connectivity index (χ3n) is 6.66. The van der Waals surface area contributed by atoms with Crippen LogP contribution < -0.4 is 5.73 Å². The molecular weight excluding hydrogens is 244 g/mol. The van der Waals surface area contributed by atoms with Crippen molar-refractivity contribution in [3.63, 3.8) is 0 Å². The topological polar surface area (TPSA) is 29.3 Å². The lowest BCUT2D eigenvalue weighted by Gasteiger charge is -2.36. The van der Waals surface area contributed by atoms with Crippen LogP contribution in [0.3, 0.4) is 0 Å². The molecule has 0 aromatic carbocycles. The van der Waals surface area contributed by atoms with E-state index in [9.17, 15) is 0 Å². The lowest BCUT2D eigenvalue weighted by molar-refractivity contribution is 0.127. The molecule has 2 N–H and O–H groups in total. The summed E-state index contributed by atoms with van der Waals surface area (Å²) in [7, 11) is 2.36. The van der Waals surface area contributed by atoms with Crippen molar-refractivity contribution in [1.29, 1.82) is 0 Å². The highest BCUT2D eigenvalue weighted by Crippen LogP contribution is 2.48. The Morgan fingerprint density at radius 3 is 2.30 bits per heavy atom. The molecule has 116 valence electrons. The molecule has 2 bridgehead atoms. The molecule has 0 spiro atoms. The second kappa shape index (κ2) is 6.79. The molecule has 4 unspecified atom stereocenters. The molecule has 20 heavy (non-hydrogen) atoms. The standard InChI is InChI=1S/C18H34N2/c1-20(13-17-11-14-8-9-16(17)10-14)18(12-19)15-6-4-2-3-5-7-15/h14-18H,2-13,19H2,1H3. The Labute approximate surface area is 125 Å². The SMILES string of the molecule is CN(CC1CC2CCC1C2)C(CN)C1CCCCCC1. The van der Waals surface area contributed by atoms with Gasteiger partial charge in [-0.3, -0.25) is 0 Å². The van der Waals surface area contributed by atoms with Crippen LogP contribution in [0.25, 0.3) is 0 Å². The quantitative estimate of drug-likeness (QED) is 0.778. The van der Waals surface area contributed by atoms with Gasteiger partial charge < -0.3 is 10.6 Å². The van der Waals surface area contributed by atoms with Gasteiger partial charge in [0.05, 0.1) is 0 Å². The molecule has 0 aromatic heterocycles. The van der Waals surface area contributed by atoms with Crippen molar-refractivity contribution in [1.82, 2.24) is 4.90 Å². The predicted molar refractivity (Wildman–Crippen MR) is 85.6 cm³/mol. The van der Waals surface area contributed by atoms with Crippen LogP contribution in [0.5, 0.6) is 0 Å². The van der Waals surface area contributed by atoms with E-state index in [0.29, 0.717) is 6.04 Å². The van der Waals surface area contributed by atoms with Gasteiger partial charge in [0.15, 0.2) is 0 Å². The third kappa shape index (κ3) is 3.22. The molecule has 2 nitrogen and oxygen atoms in total. The van der Waals surface area contributed by atoms with E-state index in [1.165, 1.54) is 70.8 Å². The minimum absolute atomic E-state index is 0.646. The van der Waals surface area contributed by atoms with E-state index >= 15 is 0 Å². The van der Waals surface area contributed by atoms with E-state index in [2.05, 4.69) is 11.9 Å². The van der Waals surface area contributed by atoms with Crippen LogP contribution in [-0.2, 0) is 0 Å². The molecule has 0 heterocycles. The minimum atomic E-state index is 0.646. The van der Waals surface area contributed by atoms with Gasteiger partial charge in [-0.15, -0.1) is 0 Å². The summed E-state index contributed by atoms with van der Waals surface area (Å²) in [6, 6.07) is 0.646. The van der Waals surface area contributed by atoms with Crippen LogP contribution in [0, 0.1) is 23.7 Å². The molecule has 3 fully saturated rings. The van der Waals surface area contributed by atoms with Crippen LogP contribution in [-0.4, -0.2) is 31.1 Å². The third-order valence-corrected chi connectivity index (χ3v) is 6.66. The molecule has 0 amide bonds. The summed E-state index contributed by atoms with van der Waals surface area (Å²) in [6.07, 6.45) is 14.7. The number of hydrogen-bond acceptors (Lipinski definition) is 2. The van der Waals surface area contributed by atoms with Gasteiger partial charge in [0.1, 0.15) is 0 Å². The number of nitrogens with two attached hydrogens (primary N) is 1. The van der Waals surface area contributed by atoms with Gasteiger partial charge >= 0.3 is 0 Å². The first-order valence-electron chi connectivity index (χ1n) is 9.18. The maximum Gasteiger partial charge on any atom is 0.0243 e. The summed E-state index contributed by atoms with van der Waals surface area (Å²) < 4.78 is 0. The van der Waals surface area contributed by atoms with Gasteiger partial charge in [0, 0.05) is 19.1 Å². The lowest BCUT2D eigenvalue weighted by atomic mass is 9.86. The average molecular weight is 278 g/mol. The maximum absolute atomic E-state index is 6.16. The summed E-state index contributed by atoms with van der Waals surface area (Å²) in [5.41, 5.74) is 6.16. The maximum atomic E-state index is 6.16. The van der Waals surface area contributed by atoms with Crippen molar-refractivity contribution in [2.24, 2.45) is 29.4 Å². The van der Waals surface area contributed by atoms with Gasteiger partial charge in [-0.25, -0.2) is 0 Å². The molecule has 3 saturated carbocycles. The average Bonchev–Trinajstić information content (AvgIpc) is 2.95. The van der Waals surface area contributed by atoms with Crippen molar-refractivity contribution < 1.29 is 0 Å². The largest absolute Gasteiger partial charge is 0.329 e. The summed E-state index contributed by atoms with van der Waals surface area (Å²) >= 11 is 0. The van der Waals surface area contributed by atoms with E-state index in [1.807, 2.05) is 0 Å². The Balaban J connectivity index is 1.54. The van der Waals surface area contributed by atoms with E-state index < -0.39 is 0 Å². The number of rotatable bonds is 5. The summed E-state index contributed by atoms with van der Waals surface area (Å²) in [5, 5.41) is 0. The van der Waals surface area contributed by atoms with Gasteiger partial charge in [-0.2, -0.15) is 0 Å². The zero-order valence-corrected chi connectivity index (χ0v) is 13.4. The Morgan fingerprint density at radius 1 is 1.00 bits per heavy atom. The lowest BCUT2D eigenvalue weighted by Crippen LogP contribution is -2.46. The molecule has 3 aliphatic carbocycles. The molecule has 0 aromatic rings. The van der Waals surface area contributed by atoms with Crippen LogP contribution in [0.15, 0.2) is 0 Å². The van der Waals surface area contributed by atoms with Crippen molar-refractivity contribution >= 4 is 0 Å². The van der Waals surface area contributed by atoms with E-state index in [-0.39, 0.29) is 0 Å². The Morgan fingerprint density at radius 2 is 1.75 bits per heavy atom. The highest BCUT2D eigenvalue weighted by Gasteiger charge is 2.40. The van der Waals surface area contributed by atoms with E-state index in [1.54, 1.807) is 0 Å². The van der Waals surface area contributed by atoms with Crippen LogP contribution >= 0.6 is 0 Å². The van der Waals surface area contributed by atoms with Crippen LogP contribution in [0.1, 0.15) is 64.2 Å². The highest BCUT2D eigenvalue weighted by molar-refractivity contribution is 4.92. The van der Waals surface area contributed by atoms with Gasteiger partial charge in [0.25, 0.3) is 0 Å². The minimum Gasteiger partial charge on any atom is -0.329 e. The smallest absolute Gasteiger partial charge is 0.0243 e. The summed E-state index contributed by atoms with van der Waals surface area (Å²) in [4.78, 5) is 2.65. The number of likely N-dealkylation sites (N-methyl/N-ethyl adjacent to an activating group) is 1. The van der Waals surface area contributed by atoms with Gasteiger partial charge in [-0.05, 0) is 62.8 Å². The molecule has 0 aliphatic heterocycles. The fraction of sp³-hybridized carbons (Fsp3) is 1.00. The normalized spacial score (nSPS) is 36.5. The Hall–Kier alpha value is -0.0800. The van der Waals surface area contributed by atoms with E-state index in [4.69, 9.17) is 5.73 Å². The molecule has 3 aliphatic rings. The van der Waals surface area contributed by atoms with Crippen molar-refractivity contribution in [3.8, 4) is 0 Å². The van der Waals surface area contributed by atoms with Gasteiger partial charge in [-0.1, -0.05) is 32.1 Å². The monoisotopic (exact) mass is 278 g/mol. The van der Waals surface area contributed by atoms with Crippen LogP contribution in [0.2, 0.25) is 0 Å². The molecule has 0 saturated heterocycles. The fourth-order valence-electron chi connectivity index (χ4n) is 5.53. The summed E-state index contributed by atoms with van der Waals surface area (Å²) in [5.74, 6) is 3.98. The van der Waals surface area contributed by atoms with Crippen LogP contribution in [0.4, 0.5) is 0 Å². The Bertz CT molecular complexity index is 296. The number of hydrogen-bond donors (Lipinski definition) is 1. The zero-order chi connectivity index (χ0) is 13.9. The predicted octanol–water partition coefficient (Wildman–Crippen LogP) is 3.65. The zero-order valence-electron chi connectivity index (χ0n) is 13.4. The first-order valence-corrected chi connectivity index (χ1v) is 9.18. The summed E-state index contributed by atoms with van der Waals surface area (Å²) in [6.45, 7) is 2.18. The molecular formula is C18H34N2. The van der Waals surface area contributed by atoms with Gasteiger partial charge in [0.2, 0.25) is 0 Å². The van der Waals surface area contributed by atoms with Crippen molar-refractivity contribution in [3.05, 3.63) is 0 Å². The second-order valence-electron chi connectivity index (χ2n) is 7.93. The first-order chi connectivity index (χ1) is 9.78. The Kier molecular flexibility index (Phi) is 5.04. The molecule has 4 atom stereocenters. The number of nitrogens with zero attached hydrogens (tertiary/aromatic N) is 1. The molecule has 3 rings (SSSR count). The number of fused-ring (bicyclic) bond motifs is 2. The highest BCUT2D eigenvalue weighted by atomic mass is 15.1. The van der Waals surface area contributed by atoms with Crippen molar-refractivity contribution in [2.45, 2.75) is 70.3 Å². The molecule has 2 heteroatoms.